The molecule has 0 aliphatic carbocycles. The molecule has 0 saturated carbocycles. The van der Waals surface area contributed by atoms with Gasteiger partial charge in [-0.1, -0.05) is 12.1 Å². The third kappa shape index (κ3) is 1.94. The van der Waals surface area contributed by atoms with Crippen LogP contribution in [0.15, 0.2) is 36.4 Å². The van der Waals surface area contributed by atoms with Gasteiger partial charge < -0.3 is 10.6 Å². The van der Waals surface area contributed by atoms with Gasteiger partial charge in [0.15, 0.2) is 0 Å². The van der Waals surface area contributed by atoms with E-state index in [4.69, 9.17) is 5.73 Å². The Morgan fingerprint density at radius 3 is 2.28 bits per heavy atom. The normalized spacial score (nSPS) is 13.8. The number of nitrogens with two attached hydrogens (primary N) is 1. The molecule has 1 aliphatic rings. The minimum atomic E-state index is 0.857. The Labute approximate surface area is 108 Å². The number of nitrogens with zero attached hydrogens (tertiary/aromatic N) is 1. The summed E-state index contributed by atoms with van der Waals surface area (Å²) in [6.45, 7) is 6.25. The summed E-state index contributed by atoms with van der Waals surface area (Å²) in [7, 11) is 0. The van der Waals surface area contributed by atoms with Crippen molar-refractivity contribution in [1.82, 2.24) is 0 Å². The van der Waals surface area contributed by atoms with Crippen molar-refractivity contribution in [3.63, 3.8) is 0 Å². The van der Waals surface area contributed by atoms with E-state index in [2.05, 4.69) is 49.1 Å². The van der Waals surface area contributed by atoms with Crippen molar-refractivity contribution in [2.75, 3.05) is 10.6 Å². The van der Waals surface area contributed by atoms with Crippen molar-refractivity contribution >= 4 is 11.4 Å². The third-order valence-electron chi connectivity index (χ3n) is 3.52. The summed E-state index contributed by atoms with van der Waals surface area (Å²) in [5, 5.41) is 0. The summed E-state index contributed by atoms with van der Waals surface area (Å²) in [4.78, 5) is 2.41. The zero-order chi connectivity index (χ0) is 12.7. The molecule has 0 saturated heterocycles. The highest BCUT2D eigenvalue weighted by atomic mass is 15.1. The predicted octanol–water partition coefficient (Wildman–Crippen LogP) is 3.41. The Balaban J connectivity index is 1.93. The first-order valence-corrected chi connectivity index (χ1v) is 6.32. The summed E-state index contributed by atoms with van der Waals surface area (Å²) in [5.41, 5.74) is 13.4. The van der Waals surface area contributed by atoms with Gasteiger partial charge in [-0.3, -0.25) is 0 Å². The fourth-order valence-corrected chi connectivity index (χ4v) is 2.73. The Morgan fingerprint density at radius 2 is 1.56 bits per heavy atom. The van der Waals surface area contributed by atoms with Gasteiger partial charge in [-0.05, 0) is 60.4 Å². The summed E-state index contributed by atoms with van der Waals surface area (Å²) in [5.74, 6) is 0. The van der Waals surface area contributed by atoms with E-state index in [9.17, 15) is 0 Å². The largest absolute Gasteiger partial charge is 0.399 e. The monoisotopic (exact) mass is 238 g/mol. The lowest BCUT2D eigenvalue weighted by Crippen LogP contribution is -2.14. The molecule has 0 atom stereocenters. The highest BCUT2D eigenvalue weighted by Crippen LogP contribution is 2.30. The van der Waals surface area contributed by atoms with Crippen LogP contribution >= 0.6 is 0 Å². The third-order valence-corrected chi connectivity index (χ3v) is 3.52. The lowest BCUT2D eigenvalue weighted by atomic mass is 10.1. The first-order chi connectivity index (χ1) is 8.61. The molecule has 2 heteroatoms. The second-order valence-electron chi connectivity index (χ2n) is 5.23. The number of nitrogen functional groups attached to an aromatic ring is 1. The number of rotatable bonds is 1. The van der Waals surface area contributed by atoms with Gasteiger partial charge in [0.25, 0.3) is 0 Å². The van der Waals surface area contributed by atoms with Gasteiger partial charge in [0, 0.05) is 24.5 Å². The lowest BCUT2D eigenvalue weighted by Gasteiger charge is -2.19. The number of benzene rings is 2. The molecule has 2 nitrogen and oxygen atoms in total. The molecule has 18 heavy (non-hydrogen) atoms. The van der Waals surface area contributed by atoms with Gasteiger partial charge in [-0.25, -0.2) is 0 Å². The molecule has 2 aromatic rings. The van der Waals surface area contributed by atoms with E-state index in [1.165, 1.54) is 27.9 Å². The molecule has 1 heterocycles. The molecule has 92 valence electrons. The molecular weight excluding hydrogens is 220 g/mol. The molecule has 0 bridgehead atoms. The van der Waals surface area contributed by atoms with Crippen LogP contribution in [0.2, 0.25) is 0 Å². The van der Waals surface area contributed by atoms with Crippen molar-refractivity contribution in [3.8, 4) is 0 Å². The fraction of sp³-hybridized carbons (Fsp3) is 0.250. The van der Waals surface area contributed by atoms with Gasteiger partial charge in [0.1, 0.15) is 0 Å². The molecule has 0 spiro atoms. The van der Waals surface area contributed by atoms with Crippen molar-refractivity contribution in [2.45, 2.75) is 26.9 Å². The quantitative estimate of drug-likeness (QED) is 0.771. The Kier molecular flexibility index (Phi) is 2.51. The van der Waals surface area contributed by atoms with Crippen LogP contribution < -0.4 is 10.6 Å². The molecule has 1 aliphatic heterocycles. The minimum Gasteiger partial charge on any atom is -0.399 e. The lowest BCUT2D eigenvalue weighted by molar-refractivity contribution is 0.878. The van der Waals surface area contributed by atoms with Gasteiger partial charge in [0.2, 0.25) is 0 Å². The van der Waals surface area contributed by atoms with E-state index in [1.54, 1.807) is 0 Å². The van der Waals surface area contributed by atoms with Crippen molar-refractivity contribution < 1.29 is 0 Å². The highest BCUT2D eigenvalue weighted by molar-refractivity contribution is 5.57. The van der Waals surface area contributed by atoms with Crippen LogP contribution in [-0.2, 0) is 13.1 Å². The smallest absolute Gasteiger partial charge is 0.0437 e. The van der Waals surface area contributed by atoms with E-state index in [1.807, 2.05) is 6.07 Å². The van der Waals surface area contributed by atoms with Gasteiger partial charge in [-0.15, -0.1) is 0 Å². The van der Waals surface area contributed by atoms with E-state index >= 15 is 0 Å². The molecule has 0 aromatic heterocycles. The van der Waals surface area contributed by atoms with E-state index in [0.717, 1.165) is 18.8 Å². The minimum absolute atomic E-state index is 0.857. The summed E-state index contributed by atoms with van der Waals surface area (Å²) in [6.07, 6.45) is 0. The molecule has 0 radical (unpaired) electrons. The zero-order valence-electron chi connectivity index (χ0n) is 10.9. The summed E-state index contributed by atoms with van der Waals surface area (Å²) >= 11 is 0. The van der Waals surface area contributed by atoms with Crippen LogP contribution in [0.25, 0.3) is 0 Å². The standard InChI is InChI=1S/C16H18N2/c1-11-5-12(2)7-16(6-11)18-9-13-3-4-15(17)8-14(13)10-18/h3-8H,9-10,17H2,1-2H3. The van der Waals surface area contributed by atoms with Crippen LogP contribution in [-0.4, -0.2) is 0 Å². The molecule has 0 amide bonds. The van der Waals surface area contributed by atoms with Crippen molar-refractivity contribution in [3.05, 3.63) is 58.7 Å². The SMILES string of the molecule is Cc1cc(C)cc(N2Cc3ccc(N)cc3C2)c1. The number of fused-ring (bicyclic) bond motifs is 1. The maximum atomic E-state index is 5.84. The molecule has 3 rings (SSSR count). The molecule has 2 aromatic carbocycles. The average Bonchev–Trinajstić information content (AvgIpc) is 2.70. The number of aryl methyl sites for hydroxylation is 2. The maximum absolute atomic E-state index is 5.84. The zero-order valence-corrected chi connectivity index (χ0v) is 10.9. The van der Waals surface area contributed by atoms with E-state index in [-0.39, 0.29) is 0 Å². The van der Waals surface area contributed by atoms with Crippen molar-refractivity contribution in [2.24, 2.45) is 0 Å². The predicted molar refractivity (Wildman–Crippen MR) is 76.7 cm³/mol. The van der Waals surface area contributed by atoms with Crippen LogP contribution in [0.1, 0.15) is 22.3 Å². The molecular formula is C16H18N2. The molecule has 0 fully saturated rings. The van der Waals surface area contributed by atoms with Gasteiger partial charge >= 0.3 is 0 Å². The maximum Gasteiger partial charge on any atom is 0.0437 e. The first kappa shape index (κ1) is 11.1. The van der Waals surface area contributed by atoms with E-state index < -0.39 is 0 Å². The van der Waals surface area contributed by atoms with Crippen LogP contribution in [0.4, 0.5) is 11.4 Å². The molecule has 0 unspecified atom stereocenters. The second kappa shape index (κ2) is 4.05. The van der Waals surface area contributed by atoms with Gasteiger partial charge in [-0.2, -0.15) is 0 Å². The van der Waals surface area contributed by atoms with Crippen LogP contribution in [0, 0.1) is 13.8 Å². The highest BCUT2D eigenvalue weighted by Gasteiger charge is 2.19. The summed E-state index contributed by atoms with van der Waals surface area (Å²) in [6, 6.07) is 12.9. The number of hydrogen-bond donors (Lipinski definition) is 1. The fourth-order valence-electron chi connectivity index (χ4n) is 2.73. The van der Waals surface area contributed by atoms with Crippen LogP contribution in [0.3, 0.4) is 0 Å². The summed E-state index contributed by atoms with van der Waals surface area (Å²) < 4.78 is 0. The topological polar surface area (TPSA) is 29.3 Å². The number of hydrogen-bond acceptors (Lipinski definition) is 2. The Hall–Kier alpha value is -1.96. The average molecular weight is 238 g/mol. The Morgan fingerprint density at radius 1 is 0.889 bits per heavy atom. The number of anilines is 2. The van der Waals surface area contributed by atoms with Gasteiger partial charge in [0.05, 0.1) is 0 Å². The molecule has 2 N–H and O–H groups in total. The Bertz CT molecular complexity index is 582. The second-order valence-corrected chi connectivity index (χ2v) is 5.23. The van der Waals surface area contributed by atoms with E-state index in [0.29, 0.717) is 0 Å². The first-order valence-electron chi connectivity index (χ1n) is 6.32. The van der Waals surface area contributed by atoms with Crippen LogP contribution in [0.5, 0.6) is 0 Å². The van der Waals surface area contributed by atoms with Crippen molar-refractivity contribution in [1.29, 1.82) is 0 Å².